The first-order chi connectivity index (χ1) is 7.91. The average molecular weight is 273 g/mol. The molecule has 17 heavy (non-hydrogen) atoms. The molecule has 0 heterocycles. The van der Waals surface area contributed by atoms with Gasteiger partial charge >= 0.3 is 0 Å². The van der Waals surface area contributed by atoms with Gasteiger partial charge in [0, 0.05) is 29.9 Å². The third-order valence-corrected chi connectivity index (χ3v) is 2.97. The molecular weight excluding hydrogens is 256 g/mol. The molecule has 0 fully saturated rings. The molecule has 0 aliphatic rings. The molecule has 1 rings (SSSR count). The Kier molecular flexibility index (Phi) is 5.18. The van der Waals surface area contributed by atoms with Crippen LogP contribution < -0.4 is 10.6 Å². The Balaban J connectivity index is 2.92. The van der Waals surface area contributed by atoms with Crippen molar-refractivity contribution in [1.29, 1.82) is 0 Å². The van der Waals surface area contributed by atoms with Crippen molar-refractivity contribution in [2.24, 2.45) is 5.73 Å². The molecule has 1 atom stereocenters. The van der Waals surface area contributed by atoms with Crippen molar-refractivity contribution in [3.05, 3.63) is 28.8 Å². The van der Waals surface area contributed by atoms with Crippen LogP contribution in [0, 0.1) is 0 Å². The maximum Gasteiger partial charge on any atom is 0.106 e. The largest absolute Gasteiger partial charge is 0.393 e. The zero-order valence-corrected chi connectivity index (χ0v) is 11.6. The predicted octanol–water partition coefficient (Wildman–Crippen LogP) is 2.18. The molecule has 0 saturated heterocycles. The lowest BCUT2D eigenvalue weighted by atomic mass is 10.1. The Labute approximate surface area is 112 Å². The molecule has 0 aliphatic heterocycles. The van der Waals surface area contributed by atoms with Gasteiger partial charge in [0.15, 0.2) is 0 Å². The number of nitrogens with two attached hydrogens (primary N) is 1. The number of aliphatic hydroxyl groups is 1. The summed E-state index contributed by atoms with van der Waals surface area (Å²) in [5, 5.41) is 9.88. The van der Waals surface area contributed by atoms with Crippen LogP contribution >= 0.6 is 23.8 Å². The van der Waals surface area contributed by atoms with Crippen molar-refractivity contribution in [1.82, 2.24) is 0 Å². The Bertz CT molecular complexity index is 409. The fraction of sp³-hybridized carbons (Fsp3) is 0.417. The smallest absolute Gasteiger partial charge is 0.106 e. The number of aliphatic hydroxyl groups excluding tert-OH is 1. The highest BCUT2D eigenvalue weighted by atomic mass is 35.5. The Hall–Kier alpha value is -0.840. The quantitative estimate of drug-likeness (QED) is 0.807. The number of anilines is 1. The van der Waals surface area contributed by atoms with E-state index >= 15 is 0 Å². The summed E-state index contributed by atoms with van der Waals surface area (Å²) in [5.41, 5.74) is 7.37. The Morgan fingerprint density at radius 1 is 1.59 bits per heavy atom. The fourth-order valence-electron chi connectivity index (χ4n) is 1.54. The third kappa shape index (κ3) is 4.15. The zero-order valence-electron chi connectivity index (χ0n) is 9.98. The van der Waals surface area contributed by atoms with Crippen LogP contribution in [0.4, 0.5) is 5.69 Å². The van der Waals surface area contributed by atoms with Crippen LogP contribution in [0.15, 0.2) is 18.2 Å². The zero-order chi connectivity index (χ0) is 13.0. The second-order valence-electron chi connectivity index (χ2n) is 4.08. The summed E-state index contributed by atoms with van der Waals surface area (Å²) in [6, 6.07) is 5.45. The first-order valence-electron chi connectivity index (χ1n) is 5.40. The van der Waals surface area contributed by atoms with Crippen LogP contribution in [0.2, 0.25) is 5.02 Å². The van der Waals surface area contributed by atoms with Gasteiger partial charge in [0.2, 0.25) is 0 Å². The molecule has 3 nitrogen and oxygen atoms in total. The molecule has 0 radical (unpaired) electrons. The van der Waals surface area contributed by atoms with E-state index in [1.165, 1.54) is 0 Å². The molecular formula is C12H17ClN2OS. The molecule has 1 aromatic rings. The van der Waals surface area contributed by atoms with E-state index in [1.807, 2.05) is 18.0 Å². The lowest BCUT2D eigenvalue weighted by Crippen LogP contribution is -2.25. The van der Waals surface area contributed by atoms with Crippen LogP contribution in [-0.2, 0) is 0 Å². The molecule has 5 heteroatoms. The second-order valence-corrected chi connectivity index (χ2v) is 4.96. The third-order valence-electron chi connectivity index (χ3n) is 2.52. The van der Waals surface area contributed by atoms with Gasteiger partial charge in [-0.2, -0.15) is 0 Å². The van der Waals surface area contributed by atoms with Crippen molar-refractivity contribution in [2.75, 3.05) is 18.5 Å². The van der Waals surface area contributed by atoms with E-state index in [0.717, 1.165) is 17.8 Å². The summed E-state index contributed by atoms with van der Waals surface area (Å²) < 4.78 is 0. The van der Waals surface area contributed by atoms with Gasteiger partial charge in [0.25, 0.3) is 0 Å². The van der Waals surface area contributed by atoms with Gasteiger partial charge in [-0.1, -0.05) is 23.8 Å². The number of hydrogen-bond donors (Lipinski definition) is 2. The maximum atomic E-state index is 9.27. The number of hydrogen-bond acceptors (Lipinski definition) is 3. The van der Waals surface area contributed by atoms with Crippen molar-refractivity contribution in [3.63, 3.8) is 0 Å². The molecule has 0 aromatic heterocycles. The summed E-state index contributed by atoms with van der Waals surface area (Å²) in [7, 11) is 1.94. The van der Waals surface area contributed by atoms with Gasteiger partial charge < -0.3 is 15.7 Å². The van der Waals surface area contributed by atoms with Crippen LogP contribution in [0.3, 0.4) is 0 Å². The molecule has 94 valence electrons. The van der Waals surface area contributed by atoms with E-state index in [1.54, 1.807) is 19.1 Å². The highest BCUT2D eigenvalue weighted by Crippen LogP contribution is 2.23. The second kappa shape index (κ2) is 6.19. The molecule has 0 saturated carbocycles. The lowest BCUT2D eigenvalue weighted by Gasteiger charge is -2.23. The molecule has 1 aromatic carbocycles. The normalized spacial score (nSPS) is 12.2. The summed E-state index contributed by atoms with van der Waals surface area (Å²) >= 11 is 10.9. The molecule has 0 amide bonds. The van der Waals surface area contributed by atoms with Crippen molar-refractivity contribution < 1.29 is 5.11 Å². The topological polar surface area (TPSA) is 49.5 Å². The van der Waals surface area contributed by atoms with E-state index in [2.05, 4.69) is 0 Å². The number of thiocarbonyl (C=S) groups is 1. The lowest BCUT2D eigenvalue weighted by molar-refractivity contribution is 0.187. The number of rotatable bonds is 5. The fourth-order valence-corrected chi connectivity index (χ4v) is 1.88. The van der Waals surface area contributed by atoms with E-state index < -0.39 is 0 Å². The number of nitrogens with zero attached hydrogens (tertiary/aromatic N) is 1. The van der Waals surface area contributed by atoms with Gasteiger partial charge in [-0.15, -0.1) is 0 Å². The molecule has 0 aliphatic carbocycles. The van der Waals surface area contributed by atoms with Crippen LogP contribution in [-0.4, -0.2) is 29.8 Å². The first kappa shape index (κ1) is 14.2. The van der Waals surface area contributed by atoms with E-state index in [-0.39, 0.29) is 6.10 Å². The van der Waals surface area contributed by atoms with Gasteiger partial charge in [0.05, 0.1) is 6.10 Å². The molecule has 1 unspecified atom stereocenters. The highest BCUT2D eigenvalue weighted by molar-refractivity contribution is 7.80. The standard InChI is InChI=1S/C12H17ClN2OS/c1-8(16)5-6-15(2)11-4-3-9(13)7-10(11)12(14)17/h3-4,7-8,16H,5-6H2,1-2H3,(H2,14,17). The maximum absolute atomic E-state index is 9.27. The van der Waals surface area contributed by atoms with Crippen LogP contribution in [0.5, 0.6) is 0 Å². The number of halogens is 1. The minimum atomic E-state index is -0.321. The predicted molar refractivity (Wildman–Crippen MR) is 76.9 cm³/mol. The number of benzene rings is 1. The minimum Gasteiger partial charge on any atom is -0.393 e. The summed E-state index contributed by atoms with van der Waals surface area (Å²) in [6.07, 6.45) is 0.369. The molecule has 3 N–H and O–H groups in total. The van der Waals surface area contributed by atoms with E-state index in [4.69, 9.17) is 29.6 Å². The minimum absolute atomic E-state index is 0.321. The highest BCUT2D eigenvalue weighted by Gasteiger charge is 2.10. The summed E-state index contributed by atoms with van der Waals surface area (Å²) in [6.45, 7) is 2.50. The first-order valence-corrected chi connectivity index (χ1v) is 6.19. The van der Waals surface area contributed by atoms with Gasteiger partial charge in [-0.3, -0.25) is 0 Å². The van der Waals surface area contributed by atoms with Gasteiger partial charge in [-0.25, -0.2) is 0 Å². The van der Waals surface area contributed by atoms with E-state index in [9.17, 15) is 5.11 Å². The average Bonchev–Trinajstić information content (AvgIpc) is 2.25. The Morgan fingerprint density at radius 2 is 2.24 bits per heavy atom. The molecule has 0 bridgehead atoms. The monoisotopic (exact) mass is 272 g/mol. The van der Waals surface area contributed by atoms with Gasteiger partial charge in [-0.05, 0) is 31.5 Å². The SMILES string of the molecule is CC(O)CCN(C)c1ccc(Cl)cc1C(N)=S. The van der Waals surface area contributed by atoms with Crippen LogP contribution in [0.25, 0.3) is 0 Å². The van der Waals surface area contributed by atoms with Crippen molar-refractivity contribution in [2.45, 2.75) is 19.4 Å². The van der Waals surface area contributed by atoms with E-state index in [0.29, 0.717) is 16.4 Å². The summed E-state index contributed by atoms with van der Waals surface area (Å²) in [4.78, 5) is 2.34. The van der Waals surface area contributed by atoms with Crippen molar-refractivity contribution >= 4 is 34.5 Å². The van der Waals surface area contributed by atoms with Crippen LogP contribution in [0.1, 0.15) is 18.9 Å². The van der Waals surface area contributed by atoms with Crippen molar-refractivity contribution in [3.8, 4) is 0 Å². The molecule has 0 spiro atoms. The summed E-state index contributed by atoms with van der Waals surface area (Å²) in [5.74, 6) is 0. The van der Waals surface area contributed by atoms with Gasteiger partial charge in [0.1, 0.15) is 4.99 Å². The Morgan fingerprint density at radius 3 is 2.76 bits per heavy atom.